The summed E-state index contributed by atoms with van der Waals surface area (Å²) in [6, 6.07) is 7.29. The second-order valence-electron chi connectivity index (χ2n) is 3.90. The molecule has 0 spiro atoms. The quantitative estimate of drug-likeness (QED) is 0.913. The Labute approximate surface area is 111 Å². The van der Waals surface area contributed by atoms with E-state index in [1.165, 1.54) is 12.4 Å². The van der Waals surface area contributed by atoms with E-state index in [-0.39, 0.29) is 5.91 Å². The normalized spacial score (nSPS) is 10.0. The third-order valence-corrected chi connectivity index (χ3v) is 2.48. The van der Waals surface area contributed by atoms with E-state index in [1.54, 1.807) is 13.0 Å². The van der Waals surface area contributed by atoms with Gasteiger partial charge in [0.25, 0.3) is 5.91 Å². The van der Waals surface area contributed by atoms with Crippen LogP contribution in [0.3, 0.4) is 0 Å². The predicted molar refractivity (Wildman–Crippen MR) is 72.3 cm³/mol. The van der Waals surface area contributed by atoms with E-state index < -0.39 is 0 Å². The van der Waals surface area contributed by atoms with Crippen LogP contribution in [-0.4, -0.2) is 22.5 Å². The summed E-state index contributed by atoms with van der Waals surface area (Å²) in [5.74, 6) is 1.02. The summed E-state index contributed by atoms with van der Waals surface area (Å²) in [7, 11) is 0. The van der Waals surface area contributed by atoms with Gasteiger partial charge in [-0.15, -0.1) is 0 Å². The number of anilines is 1. The summed E-state index contributed by atoms with van der Waals surface area (Å²) in [5, 5.41) is 2.79. The maximum Gasteiger partial charge on any atom is 0.258 e. The molecule has 0 unspecified atom stereocenters. The van der Waals surface area contributed by atoms with Crippen molar-refractivity contribution in [3.8, 4) is 5.75 Å². The fraction of sp³-hybridized carbons (Fsp3) is 0.214. The van der Waals surface area contributed by atoms with E-state index in [9.17, 15) is 4.79 Å². The van der Waals surface area contributed by atoms with Gasteiger partial charge in [-0.2, -0.15) is 0 Å². The average Bonchev–Trinajstić information content (AvgIpc) is 2.42. The molecule has 2 rings (SSSR count). The molecule has 0 atom stereocenters. The monoisotopic (exact) mass is 257 g/mol. The maximum atomic E-state index is 12.0. The number of para-hydroxylation sites is 2. The Balaban J connectivity index is 2.16. The molecule has 1 amide bonds. The minimum Gasteiger partial charge on any atom is -0.492 e. The van der Waals surface area contributed by atoms with Crippen LogP contribution in [-0.2, 0) is 0 Å². The van der Waals surface area contributed by atoms with E-state index >= 15 is 0 Å². The first-order valence-corrected chi connectivity index (χ1v) is 6.02. The van der Waals surface area contributed by atoms with Crippen LogP contribution in [0.2, 0.25) is 0 Å². The average molecular weight is 257 g/mol. The largest absolute Gasteiger partial charge is 0.492 e. The highest BCUT2D eigenvalue weighted by atomic mass is 16.5. The van der Waals surface area contributed by atoms with Gasteiger partial charge < -0.3 is 10.1 Å². The smallest absolute Gasteiger partial charge is 0.258 e. The summed E-state index contributed by atoms with van der Waals surface area (Å²) in [6.45, 7) is 4.21. The Morgan fingerprint density at radius 1 is 1.26 bits per heavy atom. The van der Waals surface area contributed by atoms with Crippen LogP contribution in [0.1, 0.15) is 23.1 Å². The summed E-state index contributed by atoms with van der Waals surface area (Å²) in [5.41, 5.74) is 1.05. The molecule has 1 aromatic carbocycles. The minimum absolute atomic E-state index is 0.257. The molecule has 5 heteroatoms. The first-order valence-electron chi connectivity index (χ1n) is 6.02. The summed E-state index contributed by atoms with van der Waals surface area (Å²) in [6.07, 6.45) is 3.00. The molecule has 0 saturated heterocycles. The van der Waals surface area contributed by atoms with Crippen molar-refractivity contribution >= 4 is 11.6 Å². The first-order chi connectivity index (χ1) is 9.20. The van der Waals surface area contributed by atoms with Crippen LogP contribution in [0.25, 0.3) is 0 Å². The molecule has 1 N–H and O–H groups in total. The van der Waals surface area contributed by atoms with Crippen molar-refractivity contribution in [2.45, 2.75) is 13.8 Å². The fourth-order valence-corrected chi connectivity index (χ4v) is 1.56. The Morgan fingerprint density at radius 2 is 1.95 bits per heavy atom. The van der Waals surface area contributed by atoms with E-state index in [4.69, 9.17) is 4.74 Å². The first kappa shape index (κ1) is 13.0. The van der Waals surface area contributed by atoms with Gasteiger partial charge in [-0.25, -0.2) is 9.97 Å². The molecule has 0 saturated carbocycles. The van der Waals surface area contributed by atoms with Gasteiger partial charge in [-0.3, -0.25) is 4.79 Å². The van der Waals surface area contributed by atoms with Crippen LogP contribution >= 0.6 is 0 Å². The van der Waals surface area contributed by atoms with Gasteiger partial charge in [0.15, 0.2) is 0 Å². The van der Waals surface area contributed by atoms with E-state index in [0.717, 1.165) is 0 Å². The lowest BCUT2D eigenvalue weighted by Crippen LogP contribution is -2.13. The van der Waals surface area contributed by atoms with E-state index in [1.807, 2.05) is 25.1 Å². The van der Waals surface area contributed by atoms with Crippen LogP contribution in [0, 0.1) is 6.92 Å². The zero-order chi connectivity index (χ0) is 13.7. The number of carbonyl (C=O) groups is 1. The number of ether oxygens (including phenoxy) is 1. The van der Waals surface area contributed by atoms with Crippen molar-refractivity contribution in [1.29, 1.82) is 0 Å². The zero-order valence-electron chi connectivity index (χ0n) is 10.9. The van der Waals surface area contributed by atoms with Crippen molar-refractivity contribution in [2.24, 2.45) is 0 Å². The number of aryl methyl sites for hydroxylation is 1. The van der Waals surface area contributed by atoms with Crippen LogP contribution in [0.5, 0.6) is 5.75 Å². The van der Waals surface area contributed by atoms with Gasteiger partial charge in [0, 0.05) is 12.4 Å². The van der Waals surface area contributed by atoms with Crippen LogP contribution in [0.15, 0.2) is 36.7 Å². The number of carbonyl (C=O) groups excluding carboxylic acids is 1. The molecule has 1 aromatic heterocycles. The number of benzene rings is 1. The van der Waals surface area contributed by atoms with Gasteiger partial charge in [-0.05, 0) is 26.0 Å². The zero-order valence-corrected chi connectivity index (χ0v) is 10.9. The third kappa shape index (κ3) is 3.28. The number of nitrogens with zero attached hydrogens (tertiary/aromatic N) is 2. The molecular weight excluding hydrogens is 242 g/mol. The van der Waals surface area contributed by atoms with Gasteiger partial charge in [0.05, 0.1) is 17.9 Å². The number of nitrogens with one attached hydrogen (secondary N) is 1. The number of amides is 1. The molecular formula is C14H15N3O2. The van der Waals surface area contributed by atoms with Gasteiger partial charge in [-0.1, -0.05) is 12.1 Å². The Kier molecular flexibility index (Phi) is 4.07. The maximum absolute atomic E-state index is 12.0. The number of rotatable bonds is 4. The lowest BCUT2D eigenvalue weighted by molar-refractivity contribution is 0.102. The predicted octanol–water partition coefficient (Wildman–Crippen LogP) is 2.44. The number of hydrogen-bond acceptors (Lipinski definition) is 4. The molecule has 2 aromatic rings. The van der Waals surface area contributed by atoms with Crippen LogP contribution < -0.4 is 10.1 Å². The van der Waals surface area contributed by atoms with Crippen molar-refractivity contribution in [2.75, 3.05) is 11.9 Å². The molecule has 0 aliphatic heterocycles. The highest BCUT2D eigenvalue weighted by Crippen LogP contribution is 2.24. The SMILES string of the molecule is CCOc1ccccc1NC(=O)c1cnc(C)nc1. The number of hydrogen-bond donors (Lipinski definition) is 1. The fourth-order valence-electron chi connectivity index (χ4n) is 1.56. The Morgan fingerprint density at radius 3 is 2.63 bits per heavy atom. The molecule has 98 valence electrons. The van der Waals surface area contributed by atoms with Crippen LogP contribution in [0.4, 0.5) is 5.69 Å². The molecule has 1 heterocycles. The highest BCUT2D eigenvalue weighted by molar-refractivity contribution is 6.04. The summed E-state index contributed by atoms with van der Waals surface area (Å²) in [4.78, 5) is 20.0. The van der Waals surface area contributed by atoms with E-state index in [0.29, 0.717) is 29.4 Å². The second kappa shape index (κ2) is 5.95. The van der Waals surface area contributed by atoms with E-state index in [2.05, 4.69) is 15.3 Å². The molecule has 0 bridgehead atoms. The summed E-state index contributed by atoms with van der Waals surface area (Å²) >= 11 is 0. The molecule has 5 nitrogen and oxygen atoms in total. The van der Waals surface area contributed by atoms with Crippen molar-refractivity contribution in [3.63, 3.8) is 0 Å². The Hall–Kier alpha value is -2.43. The molecule has 0 fully saturated rings. The van der Waals surface area contributed by atoms with Gasteiger partial charge >= 0.3 is 0 Å². The third-order valence-electron chi connectivity index (χ3n) is 2.48. The molecule has 0 aliphatic carbocycles. The van der Waals surface area contributed by atoms with Gasteiger partial charge in [0.2, 0.25) is 0 Å². The second-order valence-corrected chi connectivity index (χ2v) is 3.90. The molecule has 0 aliphatic rings. The van der Waals surface area contributed by atoms with Gasteiger partial charge in [0.1, 0.15) is 11.6 Å². The lowest BCUT2D eigenvalue weighted by Gasteiger charge is -2.10. The topological polar surface area (TPSA) is 64.1 Å². The molecule has 19 heavy (non-hydrogen) atoms. The Bertz CT molecular complexity index is 567. The van der Waals surface area contributed by atoms with Crippen molar-refractivity contribution in [3.05, 3.63) is 48.0 Å². The van der Waals surface area contributed by atoms with Crippen molar-refractivity contribution in [1.82, 2.24) is 9.97 Å². The summed E-state index contributed by atoms with van der Waals surface area (Å²) < 4.78 is 5.45. The molecule has 0 radical (unpaired) electrons. The van der Waals surface area contributed by atoms with Crippen molar-refractivity contribution < 1.29 is 9.53 Å². The number of aromatic nitrogens is 2. The highest BCUT2D eigenvalue weighted by Gasteiger charge is 2.10. The minimum atomic E-state index is -0.257. The lowest BCUT2D eigenvalue weighted by atomic mass is 10.2. The standard InChI is InChI=1S/C14H15N3O2/c1-3-19-13-7-5-4-6-12(13)17-14(18)11-8-15-10(2)16-9-11/h4-9H,3H2,1-2H3,(H,17,18).